The van der Waals surface area contributed by atoms with E-state index in [1.54, 1.807) is 0 Å². The summed E-state index contributed by atoms with van der Waals surface area (Å²) in [6.07, 6.45) is 0.551. The first kappa shape index (κ1) is 6.51. The van der Waals surface area contributed by atoms with Gasteiger partial charge in [-0.2, -0.15) is 0 Å². The Labute approximate surface area is 53.0 Å². The molecule has 1 heterocycles. The fourth-order valence-corrected chi connectivity index (χ4v) is 0.901. The van der Waals surface area contributed by atoms with Crippen molar-refractivity contribution in [3.05, 3.63) is 0 Å². The number of hydrogen-bond acceptors (Lipinski definition) is 3. The molecular formula is C5H10N2O2. The Morgan fingerprint density at radius 1 is 1.89 bits per heavy atom. The van der Waals surface area contributed by atoms with Crippen molar-refractivity contribution in [3.63, 3.8) is 0 Å². The van der Waals surface area contributed by atoms with E-state index in [2.05, 4.69) is 5.32 Å². The van der Waals surface area contributed by atoms with Gasteiger partial charge in [-0.05, 0) is 6.42 Å². The number of nitrogens with one attached hydrogen (secondary N) is 1. The van der Waals surface area contributed by atoms with E-state index in [1.807, 2.05) is 0 Å². The summed E-state index contributed by atoms with van der Waals surface area (Å²) < 4.78 is 0. The highest BCUT2D eigenvalue weighted by molar-refractivity contribution is 5.84. The van der Waals surface area contributed by atoms with E-state index in [-0.39, 0.29) is 18.6 Å². The van der Waals surface area contributed by atoms with Crippen LogP contribution in [0.5, 0.6) is 0 Å². The minimum Gasteiger partial charge on any atom is -0.394 e. The van der Waals surface area contributed by atoms with Crippen LogP contribution >= 0.6 is 0 Å². The normalized spacial score (nSPS) is 34.7. The van der Waals surface area contributed by atoms with Gasteiger partial charge >= 0.3 is 0 Å². The third-order valence-corrected chi connectivity index (χ3v) is 1.44. The molecule has 4 heteroatoms. The van der Waals surface area contributed by atoms with Crippen LogP contribution in [0.15, 0.2) is 0 Å². The van der Waals surface area contributed by atoms with E-state index in [0.717, 1.165) is 0 Å². The zero-order valence-corrected chi connectivity index (χ0v) is 5.00. The van der Waals surface area contributed by atoms with E-state index < -0.39 is 6.04 Å². The minimum absolute atomic E-state index is 0.0144. The molecule has 0 saturated carbocycles. The Kier molecular flexibility index (Phi) is 1.68. The van der Waals surface area contributed by atoms with Gasteiger partial charge in [0.1, 0.15) is 0 Å². The number of aliphatic hydroxyl groups excluding tert-OH is 1. The summed E-state index contributed by atoms with van der Waals surface area (Å²) in [7, 11) is 0. The van der Waals surface area contributed by atoms with Crippen molar-refractivity contribution in [2.75, 3.05) is 6.61 Å². The largest absolute Gasteiger partial charge is 0.394 e. The van der Waals surface area contributed by atoms with Gasteiger partial charge in [-0.3, -0.25) is 4.79 Å². The molecule has 0 bridgehead atoms. The number of rotatable bonds is 1. The highest BCUT2D eigenvalue weighted by Gasteiger charge is 2.27. The maximum Gasteiger partial charge on any atom is 0.237 e. The lowest BCUT2D eigenvalue weighted by Gasteiger charge is -2.01. The molecule has 1 amide bonds. The Balaban J connectivity index is 2.44. The summed E-state index contributed by atoms with van der Waals surface area (Å²) in [5.41, 5.74) is 5.32. The molecule has 0 aromatic carbocycles. The van der Waals surface area contributed by atoms with Crippen molar-refractivity contribution in [3.8, 4) is 0 Å². The summed E-state index contributed by atoms with van der Waals surface area (Å²) in [6.45, 7) is -0.0144. The molecule has 1 rings (SSSR count). The molecule has 4 N–H and O–H groups in total. The number of amides is 1. The zero-order valence-electron chi connectivity index (χ0n) is 5.00. The third-order valence-electron chi connectivity index (χ3n) is 1.44. The molecule has 0 aromatic rings. The van der Waals surface area contributed by atoms with Crippen molar-refractivity contribution < 1.29 is 9.90 Å². The van der Waals surface area contributed by atoms with Crippen LogP contribution in [-0.4, -0.2) is 29.7 Å². The Bertz CT molecular complexity index is 126. The monoisotopic (exact) mass is 130 g/mol. The quantitative estimate of drug-likeness (QED) is 0.392. The Hall–Kier alpha value is -0.610. The molecule has 1 saturated heterocycles. The summed E-state index contributed by atoms with van der Waals surface area (Å²) in [5.74, 6) is -0.158. The molecule has 1 aliphatic heterocycles. The van der Waals surface area contributed by atoms with Crippen LogP contribution in [0.4, 0.5) is 0 Å². The van der Waals surface area contributed by atoms with Crippen LogP contribution in [0.25, 0.3) is 0 Å². The van der Waals surface area contributed by atoms with E-state index in [1.165, 1.54) is 0 Å². The average Bonchev–Trinajstić information content (AvgIpc) is 2.13. The Morgan fingerprint density at radius 2 is 2.56 bits per heavy atom. The zero-order chi connectivity index (χ0) is 6.85. The summed E-state index contributed by atoms with van der Waals surface area (Å²) >= 11 is 0. The van der Waals surface area contributed by atoms with E-state index >= 15 is 0 Å². The van der Waals surface area contributed by atoms with Gasteiger partial charge in [0.2, 0.25) is 5.91 Å². The van der Waals surface area contributed by atoms with Gasteiger partial charge in [0, 0.05) is 0 Å². The molecule has 4 nitrogen and oxygen atoms in total. The molecule has 0 radical (unpaired) electrons. The van der Waals surface area contributed by atoms with Crippen molar-refractivity contribution in [2.45, 2.75) is 18.5 Å². The second kappa shape index (κ2) is 2.33. The molecule has 0 spiro atoms. The SMILES string of the molecule is N[C@H]1C[C@@H](CO)NC1=O. The van der Waals surface area contributed by atoms with Gasteiger partial charge in [-0.1, -0.05) is 0 Å². The van der Waals surface area contributed by atoms with Crippen molar-refractivity contribution in [1.82, 2.24) is 5.32 Å². The number of carbonyl (C=O) groups is 1. The Morgan fingerprint density at radius 3 is 2.78 bits per heavy atom. The predicted molar refractivity (Wildman–Crippen MR) is 31.6 cm³/mol. The van der Waals surface area contributed by atoms with Crippen LogP contribution in [-0.2, 0) is 4.79 Å². The predicted octanol–water partition coefficient (Wildman–Crippen LogP) is -1.81. The maximum absolute atomic E-state index is 10.6. The van der Waals surface area contributed by atoms with Gasteiger partial charge in [0.15, 0.2) is 0 Å². The van der Waals surface area contributed by atoms with Gasteiger partial charge in [0.25, 0.3) is 0 Å². The fourth-order valence-electron chi connectivity index (χ4n) is 0.901. The number of aliphatic hydroxyl groups is 1. The molecule has 1 fully saturated rings. The molecule has 2 atom stereocenters. The van der Waals surface area contributed by atoms with E-state index in [0.29, 0.717) is 6.42 Å². The smallest absolute Gasteiger partial charge is 0.237 e. The average molecular weight is 130 g/mol. The highest BCUT2D eigenvalue weighted by Crippen LogP contribution is 2.03. The van der Waals surface area contributed by atoms with Gasteiger partial charge in [0.05, 0.1) is 18.7 Å². The van der Waals surface area contributed by atoms with Crippen molar-refractivity contribution >= 4 is 5.91 Å². The summed E-state index contributed by atoms with van der Waals surface area (Å²) in [4.78, 5) is 10.6. The van der Waals surface area contributed by atoms with Crippen molar-refractivity contribution in [2.24, 2.45) is 5.73 Å². The van der Waals surface area contributed by atoms with Crippen LogP contribution in [0.2, 0.25) is 0 Å². The molecule has 0 aliphatic carbocycles. The molecular weight excluding hydrogens is 120 g/mol. The minimum atomic E-state index is -0.415. The summed E-state index contributed by atoms with van der Waals surface area (Å²) in [6, 6.07) is -0.533. The molecule has 1 aliphatic rings. The second-order valence-electron chi connectivity index (χ2n) is 2.23. The first-order valence-electron chi connectivity index (χ1n) is 2.91. The molecule has 0 aromatic heterocycles. The van der Waals surface area contributed by atoms with Gasteiger partial charge in [-0.15, -0.1) is 0 Å². The highest BCUT2D eigenvalue weighted by atomic mass is 16.3. The van der Waals surface area contributed by atoms with Gasteiger partial charge in [-0.25, -0.2) is 0 Å². The standard InChI is InChI=1S/C5H10N2O2/c6-4-1-3(2-8)7-5(4)9/h3-4,8H,1-2,6H2,(H,7,9)/t3-,4-/m0/s1. The molecule has 52 valence electrons. The lowest BCUT2D eigenvalue weighted by Crippen LogP contribution is -2.32. The first-order valence-corrected chi connectivity index (χ1v) is 2.91. The maximum atomic E-state index is 10.6. The molecule has 0 unspecified atom stereocenters. The number of carbonyl (C=O) groups excluding carboxylic acids is 1. The van der Waals surface area contributed by atoms with E-state index in [4.69, 9.17) is 10.8 Å². The second-order valence-corrected chi connectivity index (χ2v) is 2.23. The van der Waals surface area contributed by atoms with Crippen LogP contribution in [0.1, 0.15) is 6.42 Å². The van der Waals surface area contributed by atoms with Crippen LogP contribution in [0.3, 0.4) is 0 Å². The van der Waals surface area contributed by atoms with Crippen molar-refractivity contribution in [1.29, 1.82) is 0 Å². The molecule has 9 heavy (non-hydrogen) atoms. The van der Waals surface area contributed by atoms with Crippen LogP contribution in [0, 0.1) is 0 Å². The number of nitrogens with two attached hydrogens (primary N) is 1. The van der Waals surface area contributed by atoms with Gasteiger partial charge < -0.3 is 16.2 Å². The number of hydrogen-bond donors (Lipinski definition) is 3. The summed E-state index contributed by atoms with van der Waals surface area (Å²) in [5, 5.41) is 11.1. The lowest BCUT2D eigenvalue weighted by molar-refractivity contribution is -0.120. The van der Waals surface area contributed by atoms with E-state index in [9.17, 15) is 4.79 Å². The topological polar surface area (TPSA) is 75.3 Å². The fraction of sp³-hybridized carbons (Fsp3) is 0.800. The third kappa shape index (κ3) is 1.20. The van der Waals surface area contributed by atoms with Crippen LogP contribution < -0.4 is 11.1 Å². The lowest BCUT2D eigenvalue weighted by atomic mass is 10.2. The first-order chi connectivity index (χ1) is 4.24.